The van der Waals surface area contributed by atoms with Gasteiger partial charge in [0.1, 0.15) is 12.7 Å². The van der Waals surface area contributed by atoms with E-state index >= 15 is 0 Å². The van der Waals surface area contributed by atoms with E-state index < -0.39 is 5.41 Å². The molecule has 1 aliphatic rings. The summed E-state index contributed by atoms with van der Waals surface area (Å²) in [6.07, 6.45) is 5.28. The molecule has 0 N–H and O–H groups in total. The van der Waals surface area contributed by atoms with E-state index in [9.17, 15) is 0 Å². The lowest BCUT2D eigenvalue weighted by Crippen LogP contribution is -2.28. The van der Waals surface area contributed by atoms with Crippen molar-refractivity contribution in [2.45, 2.75) is 5.41 Å². The summed E-state index contributed by atoms with van der Waals surface area (Å²) in [5, 5.41) is 3.68. The second-order valence-corrected chi connectivity index (χ2v) is 18.5. The molecule has 10 aromatic carbocycles. The van der Waals surface area contributed by atoms with Crippen molar-refractivity contribution in [1.82, 2.24) is 24.1 Å². The predicted molar refractivity (Wildman–Crippen MR) is 294 cm³/mol. The minimum absolute atomic E-state index is 0.541. The van der Waals surface area contributed by atoms with Crippen molar-refractivity contribution < 1.29 is 0 Å². The molecule has 3 heterocycles. The highest BCUT2D eigenvalue weighted by Crippen LogP contribution is 2.57. The van der Waals surface area contributed by atoms with Crippen LogP contribution in [0.1, 0.15) is 22.3 Å². The van der Waals surface area contributed by atoms with Crippen LogP contribution in [0.2, 0.25) is 0 Å². The number of benzene rings is 10. The van der Waals surface area contributed by atoms with Crippen molar-refractivity contribution in [2.24, 2.45) is 0 Å². The SMILES string of the molecule is c1ccc(-n2ccc3c4c5cc(-c6ccc(N(c7ccc(-c8ncncn8)cc7)c7ccc8c(c7)C(c7ccccc7)(c7ccccc7)c7ccccc7-8)cc6)ccc5n(-c5ccccc5)c4ccc32)cc1. The van der Waals surface area contributed by atoms with Gasteiger partial charge in [-0.05, 0) is 148 Å². The van der Waals surface area contributed by atoms with Crippen LogP contribution in [0.4, 0.5) is 17.1 Å². The Hall–Kier alpha value is -9.65. The molecule has 0 amide bonds. The summed E-state index contributed by atoms with van der Waals surface area (Å²) in [4.78, 5) is 15.3. The molecule has 0 aliphatic heterocycles. The molecule has 0 radical (unpaired) electrons. The van der Waals surface area contributed by atoms with Crippen molar-refractivity contribution >= 4 is 49.8 Å². The fraction of sp³-hybridized carbons (Fsp3) is 0.0152. The van der Waals surface area contributed by atoms with Crippen LogP contribution in [0.25, 0.3) is 77.7 Å². The fourth-order valence-corrected chi connectivity index (χ4v) is 11.6. The summed E-state index contributed by atoms with van der Waals surface area (Å²) in [7, 11) is 0. The van der Waals surface area contributed by atoms with Crippen LogP contribution in [0.15, 0.2) is 268 Å². The number of hydrogen-bond acceptors (Lipinski definition) is 4. The second kappa shape index (κ2) is 16.8. The van der Waals surface area contributed by atoms with Crippen LogP contribution in [0, 0.1) is 0 Å². The van der Waals surface area contributed by atoms with Crippen LogP contribution in [0.3, 0.4) is 0 Å². The lowest BCUT2D eigenvalue weighted by molar-refractivity contribution is 0.768. The maximum atomic E-state index is 4.45. The Morgan fingerprint density at radius 1 is 0.375 bits per heavy atom. The third-order valence-electron chi connectivity index (χ3n) is 14.7. The van der Waals surface area contributed by atoms with Crippen molar-refractivity contribution in [3.8, 4) is 45.0 Å². The molecule has 13 aromatic rings. The lowest BCUT2D eigenvalue weighted by Gasteiger charge is -2.35. The van der Waals surface area contributed by atoms with Crippen LogP contribution >= 0.6 is 0 Å². The maximum absolute atomic E-state index is 4.45. The minimum Gasteiger partial charge on any atom is -0.317 e. The van der Waals surface area contributed by atoms with Gasteiger partial charge in [-0.1, -0.05) is 146 Å². The van der Waals surface area contributed by atoms with Crippen molar-refractivity contribution in [3.05, 3.63) is 290 Å². The fourth-order valence-electron chi connectivity index (χ4n) is 11.6. The molecule has 0 unspecified atom stereocenters. The van der Waals surface area contributed by atoms with Crippen LogP contribution in [0.5, 0.6) is 0 Å². The smallest absolute Gasteiger partial charge is 0.162 e. The van der Waals surface area contributed by atoms with E-state index in [1.54, 1.807) is 12.7 Å². The first-order chi connectivity index (χ1) is 35.7. The zero-order valence-electron chi connectivity index (χ0n) is 39.1. The standard InChI is InChI=1S/C66H44N6/c1-5-15-48(16-6-1)66(49-17-7-2-8-18-49)59-24-14-13-23-55(59)56-35-34-54(42-60(56)66)71(53-32-27-46(28-33-53)65-68-43-67-44-69-65)52-30-25-45(26-31-52)47-29-36-62-58(41-47)64-57-39-40-70(50-19-9-3-10-20-50)61(57)37-38-63(64)72(62)51-21-11-4-12-22-51/h1-44H. The Bertz CT molecular complexity index is 4070. The van der Waals surface area contributed by atoms with Gasteiger partial charge in [-0.3, -0.25) is 0 Å². The topological polar surface area (TPSA) is 51.8 Å². The largest absolute Gasteiger partial charge is 0.317 e. The van der Waals surface area contributed by atoms with E-state index in [1.165, 1.54) is 66.1 Å². The molecule has 72 heavy (non-hydrogen) atoms. The Labute approximate surface area is 417 Å². The van der Waals surface area contributed by atoms with Gasteiger partial charge in [0.05, 0.1) is 22.0 Å². The summed E-state index contributed by atoms with van der Waals surface area (Å²) in [6.45, 7) is 0. The average Bonchev–Trinajstić information content (AvgIpc) is 4.14. The number of nitrogens with zero attached hydrogens (tertiary/aromatic N) is 6. The zero-order chi connectivity index (χ0) is 47.6. The van der Waals surface area contributed by atoms with Crippen LogP contribution < -0.4 is 4.90 Å². The summed E-state index contributed by atoms with van der Waals surface area (Å²) >= 11 is 0. The van der Waals surface area contributed by atoms with E-state index in [2.05, 4.69) is 284 Å². The number of aromatic nitrogens is 5. The highest BCUT2D eigenvalue weighted by atomic mass is 15.1. The highest BCUT2D eigenvalue weighted by molar-refractivity contribution is 6.21. The van der Waals surface area contributed by atoms with Gasteiger partial charge >= 0.3 is 0 Å². The molecule has 0 fully saturated rings. The van der Waals surface area contributed by atoms with Gasteiger partial charge in [-0.2, -0.15) is 0 Å². The van der Waals surface area contributed by atoms with Gasteiger partial charge in [0, 0.05) is 56.4 Å². The highest BCUT2D eigenvalue weighted by Gasteiger charge is 2.46. The molecule has 0 spiro atoms. The zero-order valence-corrected chi connectivity index (χ0v) is 39.1. The molecular formula is C66H44N6. The number of para-hydroxylation sites is 2. The summed E-state index contributed by atoms with van der Waals surface area (Å²) < 4.78 is 4.69. The van der Waals surface area contributed by atoms with E-state index in [4.69, 9.17) is 0 Å². The van der Waals surface area contributed by atoms with Crippen molar-refractivity contribution in [1.29, 1.82) is 0 Å². The molecule has 0 saturated heterocycles. The predicted octanol–water partition coefficient (Wildman–Crippen LogP) is 16.1. The van der Waals surface area contributed by atoms with E-state index in [0.29, 0.717) is 5.82 Å². The van der Waals surface area contributed by atoms with Gasteiger partial charge in [-0.15, -0.1) is 0 Å². The maximum Gasteiger partial charge on any atom is 0.162 e. The molecule has 1 aliphatic carbocycles. The molecule has 6 nitrogen and oxygen atoms in total. The van der Waals surface area contributed by atoms with E-state index in [1.807, 2.05) is 0 Å². The van der Waals surface area contributed by atoms with Crippen molar-refractivity contribution in [3.63, 3.8) is 0 Å². The third kappa shape index (κ3) is 6.46. The summed E-state index contributed by atoms with van der Waals surface area (Å²) in [5.74, 6) is 0.636. The summed E-state index contributed by atoms with van der Waals surface area (Å²) in [6, 6.07) is 90.6. The van der Waals surface area contributed by atoms with Gasteiger partial charge in [0.2, 0.25) is 0 Å². The number of hydrogen-bond donors (Lipinski definition) is 0. The van der Waals surface area contributed by atoms with E-state index in [-0.39, 0.29) is 0 Å². The molecule has 338 valence electrons. The first-order valence-corrected chi connectivity index (χ1v) is 24.4. The number of anilines is 3. The van der Waals surface area contributed by atoms with Crippen LogP contribution in [-0.2, 0) is 5.41 Å². The molecule has 0 saturated carbocycles. The first kappa shape index (κ1) is 41.3. The Balaban J connectivity index is 0.930. The molecule has 0 atom stereocenters. The van der Waals surface area contributed by atoms with Gasteiger partial charge in [0.15, 0.2) is 5.82 Å². The monoisotopic (exact) mass is 920 g/mol. The van der Waals surface area contributed by atoms with Gasteiger partial charge in [0.25, 0.3) is 0 Å². The molecular weight excluding hydrogens is 877 g/mol. The third-order valence-corrected chi connectivity index (χ3v) is 14.7. The number of fused-ring (bicyclic) bond motifs is 8. The second-order valence-electron chi connectivity index (χ2n) is 18.5. The molecule has 0 bridgehead atoms. The Kier molecular flexibility index (Phi) is 9.64. The Morgan fingerprint density at radius 2 is 0.917 bits per heavy atom. The van der Waals surface area contributed by atoms with E-state index in [0.717, 1.165) is 45.1 Å². The normalized spacial score (nSPS) is 12.6. The molecule has 14 rings (SSSR count). The molecule has 3 aromatic heterocycles. The Morgan fingerprint density at radius 3 is 1.60 bits per heavy atom. The quantitative estimate of drug-likeness (QED) is 0.145. The van der Waals surface area contributed by atoms with Gasteiger partial charge in [-0.25, -0.2) is 15.0 Å². The first-order valence-electron chi connectivity index (χ1n) is 24.4. The minimum atomic E-state index is -0.541. The number of rotatable bonds is 9. The average molecular weight is 921 g/mol. The van der Waals surface area contributed by atoms with Crippen molar-refractivity contribution in [2.75, 3.05) is 4.90 Å². The van der Waals surface area contributed by atoms with Crippen LogP contribution in [-0.4, -0.2) is 24.1 Å². The molecule has 6 heteroatoms. The summed E-state index contributed by atoms with van der Waals surface area (Å²) in [5.41, 5.74) is 19.1. The van der Waals surface area contributed by atoms with Gasteiger partial charge < -0.3 is 14.0 Å². The lowest BCUT2D eigenvalue weighted by atomic mass is 9.67.